The van der Waals surface area contributed by atoms with E-state index in [2.05, 4.69) is 4.84 Å². The second-order valence-electron chi connectivity index (χ2n) is 4.45. The van der Waals surface area contributed by atoms with E-state index in [1.54, 1.807) is 0 Å². The van der Waals surface area contributed by atoms with Crippen molar-refractivity contribution < 1.29 is 33.1 Å². The molecule has 110 valence electrons. The first-order valence-electron chi connectivity index (χ1n) is 5.53. The van der Waals surface area contributed by atoms with Gasteiger partial charge in [-0.1, -0.05) is 6.08 Å². The number of carbonyl (C=O) groups is 3. The topological polar surface area (TPSA) is 113 Å². The largest absolute Gasteiger partial charge is 0.476 e. The van der Waals surface area contributed by atoms with E-state index in [4.69, 9.17) is 10.8 Å². The molecule has 0 aromatic rings. The number of urea groups is 1. The first-order chi connectivity index (χ1) is 9.15. The lowest BCUT2D eigenvalue weighted by atomic mass is 10.0. The summed E-state index contributed by atoms with van der Waals surface area (Å²) >= 11 is 0. The Morgan fingerprint density at radius 1 is 1.55 bits per heavy atom. The van der Waals surface area contributed by atoms with Crippen LogP contribution in [0.5, 0.6) is 0 Å². The molecule has 10 heteroatoms. The maximum absolute atomic E-state index is 13.1. The van der Waals surface area contributed by atoms with Crippen molar-refractivity contribution in [3.05, 3.63) is 11.6 Å². The van der Waals surface area contributed by atoms with Gasteiger partial charge < -0.3 is 15.7 Å². The molecule has 2 aliphatic rings. The van der Waals surface area contributed by atoms with Gasteiger partial charge in [0, 0.05) is 0 Å². The van der Waals surface area contributed by atoms with Crippen molar-refractivity contribution in [3.8, 4) is 0 Å². The summed E-state index contributed by atoms with van der Waals surface area (Å²) in [5.41, 5.74) is 5.53. The van der Waals surface area contributed by atoms with Crippen LogP contribution in [0.1, 0.15) is 6.92 Å². The Bertz CT molecular complexity index is 521. The predicted octanol–water partition coefficient (Wildman–Crippen LogP) is -0.485. The summed E-state index contributed by atoms with van der Waals surface area (Å²) in [6.07, 6.45) is -3.19. The van der Waals surface area contributed by atoms with Crippen LogP contribution in [0.25, 0.3) is 0 Å². The maximum atomic E-state index is 13.1. The minimum absolute atomic E-state index is 0.0789. The molecule has 2 atom stereocenters. The summed E-state index contributed by atoms with van der Waals surface area (Å²) in [7, 11) is 0. The molecule has 0 radical (unpaired) electrons. The fourth-order valence-electron chi connectivity index (χ4n) is 2.11. The molecule has 0 saturated carbocycles. The van der Waals surface area contributed by atoms with E-state index in [9.17, 15) is 23.2 Å². The van der Waals surface area contributed by atoms with Gasteiger partial charge in [0.15, 0.2) is 0 Å². The Morgan fingerprint density at radius 2 is 2.15 bits per heavy atom. The van der Waals surface area contributed by atoms with Crippen LogP contribution in [0.15, 0.2) is 11.6 Å². The number of hydrogen-bond donors (Lipinski definition) is 2. The number of carbonyl (C=O) groups excluding carboxylic acids is 2. The fourth-order valence-corrected chi connectivity index (χ4v) is 2.11. The molecule has 2 rings (SSSR count). The van der Waals surface area contributed by atoms with E-state index >= 15 is 0 Å². The van der Waals surface area contributed by atoms with Crippen LogP contribution >= 0.6 is 0 Å². The molecule has 3 amide bonds. The summed E-state index contributed by atoms with van der Waals surface area (Å²) in [6, 6.07) is -2.98. The lowest BCUT2D eigenvalue weighted by Gasteiger charge is -2.26. The van der Waals surface area contributed by atoms with Crippen molar-refractivity contribution in [1.29, 1.82) is 0 Å². The van der Waals surface area contributed by atoms with Crippen LogP contribution in [0.2, 0.25) is 0 Å². The van der Waals surface area contributed by atoms with Crippen LogP contribution < -0.4 is 5.73 Å². The van der Waals surface area contributed by atoms with Crippen molar-refractivity contribution in [2.75, 3.05) is 6.54 Å². The summed E-state index contributed by atoms with van der Waals surface area (Å²) in [6.45, 7) is 1.43. The Kier molecular flexibility index (Phi) is 3.12. The number of amides is 3. The highest BCUT2D eigenvalue weighted by Crippen LogP contribution is 2.32. The number of hydroxylamine groups is 2. The number of halogens is 2. The van der Waals surface area contributed by atoms with Gasteiger partial charge in [0.05, 0.1) is 6.54 Å². The number of carboxylic acid groups (broad SMARTS) is 1. The second-order valence-corrected chi connectivity index (χ2v) is 4.45. The summed E-state index contributed by atoms with van der Waals surface area (Å²) in [5, 5.41) is 8.59. The standard InChI is InChI=1S/C10H11F2N3O5/c1-4-2-5(7(13)16)14-3-6(4)15(9(14)19)20-10(11,12)8(17)18/h2,5-6H,3H2,1H3,(H2,13,16)(H,17,18)/t5-,6-/m0/s1. The molecule has 2 bridgehead atoms. The number of nitrogens with two attached hydrogens (primary N) is 1. The number of aliphatic carboxylic acids is 1. The molecule has 2 aliphatic heterocycles. The Hall–Kier alpha value is -2.23. The van der Waals surface area contributed by atoms with Crippen LogP contribution in [0.4, 0.5) is 13.6 Å². The van der Waals surface area contributed by atoms with E-state index in [-0.39, 0.29) is 11.6 Å². The number of rotatable bonds is 4. The average molecular weight is 291 g/mol. The van der Waals surface area contributed by atoms with Gasteiger partial charge in [-0.05, 0) is 12.5 Å². The van der Waals surface area contributed by atoms with Crippen LogP contribution in [0.3, 0.4) is 0 Å². The smallest absolute Gasteiger partial charge is 0.475 e. The molecule has 3 N–H and O–H groups in total. The second kappa shape index (κ2) is 4.40. The van der Waals surface area contributed by atoms with Crippen molar-refractivity contribution >= 4 is 17.9 Å². The minimum atomic E-state index is -4.54. The number of carboxylic acids is 1. The number of alkyl halides is 2. The zero-order valence-electron chi connectivity index (χ0n) is 10.2. The quantitative estimate of drug-likeness (QED) is 0.679. The molecule has 0 spiro atoms. The molecule has 0 aromatic heterocycles. The highest BCUT2D eigenvalue weighted by molar-refractivity contribution is 5.90. The van der Waals surface area contributed by atoms with Gasteiger partial charge >= 0.3 is 18.1 Å². The minimum Gasteiger partial charge on any atom is -0.475 e. The molecule has 1 fully saturated rings. The monoisotopic (exact) mass is 291 g/mol. The van der Waals surface area contributed by atoms with Crippen molar-refractivity contribution in [1.82, 2.24) is 9.96 Å². The van der Waals surface area contributed by atoms with Gasteiger partial charge in [-0.2, -0.15) is 18.7 Å². The van der Waals surface area contributed by atoms with Crippen LogP contribution in [-0.4, -0.2) is 57.7 Å². The molecule has 8 nitrogen and oxygen atoms in total. The molecule has 20 heavy (non-hydrogen) atoms. The maximum Gasteiger partial charge on any atom is 0.476 e. The van der Waals surface area contributed by atoms with Gasteiger partial charge in [-0.15, -0.1) is 0 Å². The number of primary amides is 1. The number of hydrogen-bond acceptors (Lipinski definition) is 4. The Morgan fingerprint density at radius 3 is 2.65 bits per heavy atom. The third kappa shape index (κ3) is 2.07. The van der Waals surface area contributed by atoms with Crippen LogP contribution in [0, 0.1) is 0 Å². The molecule has 0 unspecified atom stereocenters. The summed E-state index contributed by atoms with van der Waals surface area (Å²) in [4.78, 5) is 38.4. The van der Waals surface area contributed by atoms with Gasteiger partial charge in [-0.3, -0.25) is 4.79 Å². The van der Waals surface area contributed by atoms with Crippen LogP contribution in [-0.2, 0) is 14.4 Å². The van der Waals surface area contributed by atoms with E-state index < -0.39 is 36.1 Å². The third-order valence-corrected chi connectivity index (χ3v) is 3.12. The summed E-state index contributed by atoms with van der Waals surface area (Å²) in [5.74, 6) is -3.34. The normalized spacial score (nSPS) is 25.8. The average Bonchev–Trinajstić information content (AvgIpc) is 2.59. The highest BCUT2D eigenvalue weighted by atomic mass is 19.3. The first kappa shape index (κ1) is 14.2. The molecule has 0 aliphatic carbocycles. The molecule has 2 heterocycles. The van der Waals surface area contributed by atoms with Crippen molar-refractivity contribution in [2.24, 2.45) is 5.73 Å². The van der Waals surface area contributed by atoms with E-state index in [1.165, 1.54) is 13.0 Å². The summed E-state index contributed by atoms with van der Waals surface area (Å²) < 4.78 is 26.1. The zero-order chi connectivity index (χ0) is 15.2. The Labute approximate surface area is 111 Å². The first-order valence-corrected chi connectivity index (χ1v) is 5.53. The fraction of sp³-hybridized carbons (Fsp3) is 0.500. The Balaban J connectivity index is 2.28. The molecular weight excluding hydrogens is 280 g/mol. The number of fused-ring (bicyclic) bond motifs is 2. The van der Waals surface area contributed by atoms with Gasteiger partial charge in [-0.25, -0.2) is 9.59 Å². The van der Waals surface area contributed by atoms with E-state index in [0.717, 1.165) is 4.90 Å². The third-order valence-electron chi connectivity index (χ3n) is 3.12. The number of nitrogens with zero attached hydrogens (tertiary/aromatic N) is 2. The highest BCUT2D eigenvalue weighted by Gasteiger charge is 2.53. The van der Waals surface area contributed by atoms with Gasteiger partial charge in [0.1, 0.15) is 12.1 Å². The zero-order valence-corrected chi connectivity index (χ0v) is 10.2. The van der Waals surface area contributed by atoms with Gasteiger partial charge in [0.25, 0.3) is 0 Å². The van der Waals surface area contributed by atoms with Crippen molar-refractivity contribution in [2.45, 2.75) is 25.1 Å². The molecule has 1 saturated heterocycles. The van der Waals surface area contributed by atoms with E-state index in [1.807, 2.05) is 0 Å². The van der Waals surface area contributed by atoms with E-state index in [0.29, 0.717) is 5.57 Å². The molecular formula is C10H11F2N3O5. The van der Waals surface area contributed by atoms with Gasteiger partial charge in [0.2, 0.25) is 5.91 Å². The lowest BCUT2D eigenvalue weighted by Crippen LogP contribution is -2.47. The van der Waals surface area contributed by atoms with Crippen molar-refractivity contribution in [3.63, 3.8) is 0 Å². The SMILES string of the molecule is CC1=C[C@@H](C(N)=O)N2C[C@@H]1N(OC(F)(F)C(=O)O)C2=O. The predicted molar refractivity (Wildman–Crippen MR) is 58.1 cm³/mol. The lowest BCUT2D eigenvalue weighted by molar-refractivity contribution is -0.324. The molecule has 0 aromatic carbocycles.